The molecule has 0 saturated heterocycles. The summed E-state index contributed by atoms with van der Waals surface area (Å²) in [6, 6.07) is 17.4. The molecule has 158 valence electrons. The van der Waals surface area contributed by atoms with Gasteiger partial charge in [-0.25, -0.2) is 9.78 Å². The Balaban J connectivity index is 1.40. The van der Waals surface area contributed by atoms with Crippen LogP contribution in [0.15, 0.2) is 75.5 Å². The molecule has 1 aromatic carbocycles. The number of hydrogen-bond acceptors (Lipinski definition) is 7. The van der Waals surface area contributed by atoms with Gasteiger partial charge in [-0.05, 0) is 34.5 Å². The van der Waals surface area contributed by atoms with E-state index >= 15 is 0 Å². The average Bonchev–Trinajstić information content (AvgIpc) is 3.58. The molecule has 0 bridgehead atoms. The van der Waals surface area contributed by atoms with Crippen LogP contribution >= 0.6 is 34.0 Å². The van der Waals surface area contributed by atoms with E-state index in [1.807, 2.05) is 76.8 Å². The number of aromatic amines is 1. The molecule has 0 aliphatic heterocycles. The standard InChI is InChI=1S/C24H16N2O3S3/c27-22-21-18(15-6-2-1-3-7-15)14-32-23(21)26-20(25-22)13-29-24(28)17(19-9-5-11-31-19)12-16-8-4-10-30-16/h1-12,14H,13H2,(H,25,26,27)/b17-12+. The Morgan fingerprint density at radius 1 is 1.00 bits per heavy atom. The minimum absolute atomic E-state index is 0.115. The molecule has 0 fully saturated rings. The zero-order valence-corrected chi connectivity index (χ0v) is 19.1. The fraction of sp³-hybridized carbons (Fsp3) is 0.0417. The van der Waals surface area contributed by atoms with Gasteiger partial charge in [0.15, 0.2) is 0 Å². The van der Waals surface area contributed by atoms with E-state index in [9.17, 15) is 9.59 Å². The molecule has 0 saturated carbocycles. The van der Waals surface area contributed by atoms with Crippen molar-refractivity contribution < 1.29 is 9.53 Å². The van der Waals surface area contributed by atoms with Crippen LogP contribution in [0.25, 0.3) is 33.0 Å². The van der Waals surface area contributed by atoms with Crippen LogP contribution in [0.3, 0.4) is 0 Å². The Labute approximate surface area is 195 Å². The predicted octanol–water partition coefficient (Wildman–Crippen LogP) is 6.06. The zero-order valence-electron chi connectivity index (χ0n) is 16.6. The normalized spacial score (nSPS) is 11.7. The highest BCUT2D eigenvalue weighted by atomic mass is 32.1. The van der Waals surface area contributed by atoms with Crippen molar-refractivity contribution in [3.05, 3.63) is 96.7 Å². The van der Waals surface area contributed by atoms with Gasteiger partial charge in [0.2, 0.25) is 0 Å². The lowest BCUT2D eigenvalue weighted by Crippen LogP contribution is -2.14. The molecular weight excluding hydrogens is 460 g/mol. The maximum absolute atomic E-state index is 12.9. The number of H-pyrrole nitrogens is 1. The maximum atomic E-state index is 12.9. The number of aromatic nitrogens is 2. The highest BCUT2D eigenvalue weighted by molar-refractivity contribution is 7.17. The van der Waals surface area contributed by atoms with Crippen molar-refractivity contribution in [1.82, 2.24) is 9.97 Å². The molecular formula is C24H16N2O3S3. The van der Waals surface area contributed by atoms with Crippen LogP contribution in [0.2, 0.25) is 0 Å². The number of rotatable bonds is 6. The van der Waals surface area contributed by atoms with E-state index in [0.717, 1.165) is 20.9 Å². The second-order valence-electron chi connectivity index (χ2n) is 6.84. The quantitative estimate of drug-likeness (QED) is 0.239. The van der Waals surface area contributed by atoms with Crippen molar-refractivity contribution in [3.63, 3.8) is 0 Å². The van der Waals surface area contributed by atoms with Crippen molar-refractivity contribution in [2.45, 2.75) is 6.61 Å². The molecule has 0 radical (unpaired) electrons. The number of benzene rings is 1. The summed E-state index contributed by atoms with van der Waals surface area (Å²) in [6.07, 6.45) is 1.82. The molecule has 0 spiro atoms. The van der Waals surface area contributed by atoms with Crippen LogP contribution in [0.5, 0.6) is 0 Å². The molecule has 0 aliphatic carbocycles. The third-order valence-electron chi connectivity index (χ3n) is 4.75. The summed E-state index contributed by atoms with van der Waals surface area (Å²) in [4.78, 5) is 35.4. The van der Waals surface area contributed by atoms with Gasteiger partial charge in [0.25, 0.3) is 5.56 Å². The Hall–Kier alpha value is -3.33. The van der Waals surface area contributed by atoms with Gasteiger partial charge in [-0.1, -0.05) is 42.5 Å². The summed E-state index contributed by atoms with van der Waals surface area (Å²) in [5.74, 6) is -0.140. The monoisotopic (exact) mass is 476 g/mol. The fourth-order valence-corrected chi connectivity index (χ4v) is 5.64. The number of fused-ring (bicyclic) bond motifs is 1. The Morgan fingerprint density at radius 2 is 1.81 bits per heavy atom. The number of nitrogens with zero attached hydrogens (tertiary/aromatic N) is 1. The molecule has 8 heteroatoms. The molecule has 4 aromatic heterocycles. The molecule has 0 unspecified atom stereocenters. The first-order valence-corrected chi connectivity index (χ1v) is 12.3. The second-order valence-corrected chi connectivity index (χ2v) is 9.62. The first kappa shape index (κ1) is 20.6. The largest absolute Gasteiger partial charge is 0.454 e. The van der Waals surface area contributed by atoms with Crippen LogP contribution in [-0.4, -0.2) is 15.9 Å². The van der Waals surface area contributed by atoms with Gasteiger partial charge >= 0.3 is 5.97 Å². The van der Waals surface area contributed by atoms with E-state index in [4.69, 9.17) is 4.74 Å². The molecule has 4 heterocycles. The van der Waals surface area contributed by atoms with Crippen LogP contribution in [0, 0.1) is 0 Å². The number of thiophene rings is 3. The van der Waals surface area contributed by atoms with Gasteiger partial charge in [-0.15, -0.1) is 34.0 Å². The Bertz CT molecular complexity index is 1450. The van der Waals surface area contributed by atoms with Crippen LogP contribution in [0.1, 0.15) is 15.6 Å². The van der Waals surface area contributed by atoms with Gasteiger partial charge in [0.05, 0.1) is 11.0 Å². The predicted molar refractivity (Wildman–Crippen MR) is 132 cm³/mol. The number of carbonyl (C=O) groups excluding carboxylic acids is 1. The first-order chi connectivity index (χ1) is 15.7. The van der Waals surface area contributed by atoms with Crippen LogP contribution in [0.4, 0.5) is 0 Å². The SMILES string of the molecule is O=C(OCc1nc2scc(-c3ccccc3)c2c(=O)[nH]1)/C(=C/c1cccs1)c1cccs1. The zero-order chi connectivity index (χ0) is 21.9. The lowest BCUT2D eigenvalue weighted by Gasteiger charge is -2.07. The summed E-state index contributed by atoms with van der Waals surface area (Å²) in [7, 11) is 0. The lowest BCUT2D eigenvalue weighted by molar-refractivity contribution is -0.138. The molecule has 5 aromatic rings. The summed E-state index contributed by atoms with van der Waals surface area (Å²) in [5, 5.41) is 6.35. The summed E-state index contributed by atoms with van der Waals surface area (Å²) < 4.78 is 5.53. The van der Waals surface area contributed by atoms with Gasteiger partial charge in [-0.2, -0.15) is 0 Å². The van der Waals surface area contributed by atoms with Crippen molar-refractivity contribution in [2.24, 2.45) is 0 Å². The Kier molecular flexibility index (Phi) is 5.81. The van der Waals surface area contributed by atoms with E-state index in [0.29, 0.717) is 21.6 Å². The van der Waals surface area contributed by atoms with Crippen molar-refractivity contribution >= 4 is 61.8 Å². The van der Waals surface area contributed by atoms with Gasteiger partial charge < -0.3 is 9.72 Å². The number of carbonyl (C=O) groups is 1. The molecule has 5 rings (SSSR count). The van der Waals surface area contributed by atoms with Gasteiger partial charge in [0.1, 0.15) is 17.3 Å². The number of nitrogens with one attached hydrogen (secondary N) is 1. The second kappa shape index (κ2) is 9.04. The molecule has 0 amide bonds. The molecule has 5 nitrogen and oxygen atoms in total. The number of ether oxygens (including phenoxy) is 1. The lowest BCUT2D eigenvalue weighted by atomic mass is 10.1. The Morgan fingerprint density at radius 3 is 2.56 bits per heavy atom. The maximum Gasteiger partial charge on any atom is 0.340 e. The van der Waals surface area contributed by atoms with Crippen LogP contribution < -0.4 is 5.56 Å². The third kappa shape index (κ3) is 4.20. The van der Waals surface area contributed by atoms with Crippen molar-refractivity contribution in [3.8, 4) is 11.1 Å². The van der Waals surface area contributed by atoms with E-state index < -0.39 is 5.97 Å². The fourth-order valence-electron chi connectivity index (χ4n) is 3.28. The average molecular weight is 477 g/mol. The molecule has 32 heavy (non-hydrogen) atoms. The highest BCUT2D eigenvalue weighted by Crippen LogP contribution is 2.31. The minimum atomic E-state index is -0.459. The van der Waals surface area contributed by atoms with Gasteiger partial charge in [0, 0.05) is 20.7 Å². The van der Waals surface area contributed by atoms with Crippen molar-refractivity contribution in [2.75, 3.05) is 0 Å². The smallest absolute Gasteiger partial charge is 0.340 e. The molecule has 1 N–H and O–H groups in total. The topological polar surface area (TPSA) is 72.0 Å². The number of esters is 1. The first-order valence-electron chi connectivity index (χ1n) is 9.71. The van der Waals surface area contributed by atoms with E-state index in [1.54, 1.807) is 11.3 Å². The minimum Gasteiger partial charge on any atom is -0.454 e. The molecule has 0 atom stereocenters. The summed E-state index contributed by atoms with van der Waals surface area (Å²) in [5.41, 5.74) is 2.05. The summed E-state index contributed by atoms with van der Waals surface area (Å²) in [6.45, 7) is -0.115. The van der Waals surface area contributed by atoms with E-state index in [1.165, 1.54) is 22.7 Å². The van der Waals surface area contributed by atoms with E-state index in [-0.39, 0.29) is 12.2 Å². The van der Waals surface area contributed by atoms with E-state index in [2.05, 4.69) is 9.97 Å². The molecule has 0 aliphatic rings. The highest BCUT2D eigenvalue weighted by Gasteiger charge is 2.17. The summed E-state index contributed by atoms with van der Waals surface area (Å²) >= 11 is 4.42. The number of hydrogen-bond donors (Lipinski definition) is 1. The van der Waals surface area contributed by atoms with Crippen LogP contribution in [-0.2, 0) is 16.1 Å². The third-order valence-corrected chi connectivity index (χ3v) is 7.35. The van der Waals surface area contributed by atoms with Gasteiger partial charge in [-0.3, -0.25) is 4.79 Å². The van der Waals surface area contributed by atoms with Crippen molar-refractivity contribution in [1.29, 1.82) is 0 Å².